The molecule has 2 aromatic rings. The Labute approximate surface area is 168 Å². The second kappa shape index (κ2) is 8.00. The van der Waals surface area contributed by atoms with Gasteiger partial charge in [0.25, 0.3) is 5.69 Å². The Balaban J connectivity index is 1.90. The summed E-state index contributed by atoms with van der Waals surface area (Å²) in [5, 5.41) is 16.9. The maximum absolute atomic E-state index is 12.4. The monoisotopic (exact) mass is 416 g/mol. The molecule has 0 spiro atoms. The molecule has 0 radical (unpaired) electrons. The highest BCUT2D eigenvalue weighted by Gasteiger charge is 2.33. The molecular formula is C19H20N4O5S. The van der Waals surface area contributed by atoms with Crippen LogP contribution in [0.25, 0.3) is 0 Å². The van der Waals surface area contributed by atoms with Gasteiger partial charge in [-0.25, -0.2) is 13.4 Å². The van der Waals surface area contributed by atoms with Crippen molar-refractivity contribution in [3.8, 4) is 0 Å². The molecule has 1 heterocycles. The number of carbonyl (C=O) groups excluding carboxylic acids is 1. The van der Waals surface area contributed by atoms with Gasteiger partial charge in [0.1, 0.15) is 0 Å². The smallest absolute Gasteiger partial charge is 0.269 e. The number of sulfonamides is 1. The van der Waals surface area contributed by atoms with E-state index in [4.69, 9.17) is 0 Å². The maximum atomic E-state index is 12.4. The van der Waals surface area contributed by atoms with Gasteiger partial charge in [0.2, 0.25) is 15.9 Å². The summed E-state index contributed by atoms with van der Waals surface area (Å²) >= 11 is 0. The molecule has 1 aliphatic rings. The summed E-state index contributed by atoms with van der Waals surface area (Å²) in [6, 6.07) is 12.4. The molecule has 3 rings (SSSR count). The molecule has 1 amide bonds. The topological polar surface area (TPSA) is 122 Å². The van der Waals surface area contributed by atoms with Crippen LogP contribution < -0.4 is 4.72 Å². The first-order valence-electron chi connectivity index (χ1n) is 8.90. The van der Waals surface area contributed by atoms with Crippen molar-refractivity contribution in [2.75, 3.05) is 11.0 Å². The largest absolute Gasteiger partial charge is 0.284 e. The van der Waals surface area contributed by atoms with E-state index in [1.807, 2.05) is 0 Å². The summed E-state index contributed by atoms with van der Waals surface area (Å²) in [5.74, 6) is -0.188. The van der Waals surface area contributed by atoms with Gasteiger partial charge >= 0.3 is 0 Å². The van der Waals surface area contributed by atoms with Crippen LogP contribution >= 0.6 is 0 Å². The first-order valence-corrected chi connectivity index (χ1v) is 10.8. The van der Waals surface area contributed by atoms with Crippen molar-refractivity contribution in [1.82, 2.24) is 5.01 Å². The second-order valence-electron chi connectivity index (χ2n) is 6.66. The Hall–Kier alpha value is -3.27. The fourth-order valence-electron chi connectivity index (χ4n) is 3.13. The van der Waals surface area contributed by atoms with E-state index in [0.717, 1.165) is 11.8 Å². The number of hydrazone groups is 1. The lowest BCUT2D eigenvalue weighted by molar-refractivity contribution is -0.384. The minimum atomic E-state index is -3.38. The molecule has 0 saturated carbocycles. The maximum Gasteiger partial charge on any atom is 0.269 e. The van der Waals surface area contributed by atoms with Gasteiger partial charge in [-0.2, -0.15) is 5.10 Å². The third kappa shape index (κ3) is 4.77. The van der Waals surface area contributed by atoms with Crippen molar-refractivity contribution < 1.29 is 18.1 Å². The van der Waals surface area contributed by atoms with Crippen LogP contribution in [0.1, 0.15) is 36.9 Å². The molecule has 1 atom stereocenters. The Kier molecular flexibility index (Phi) is 5.64. The molecule has 29 heavy (non-hydrogen) atoms. The predicted octanol–water partition coefficient (Wildman–Crippen LogP) is 3.05. The van der Waals surface area contributed by atoms with Crippen molar-refractivity contribution in [3.05, 3.63) is 69.8 Å². The summed E-state index contributed by atoms with van der Waals surface area (Å²) in [5.41, 5.74) is 2.40. The van der Waals surface area contributed by atoms with Crippen LogP contribution in [0.15, 0.2) is 53.6 Å². The van der Waals surface area contributed by atoms with Crippen LogP contribution in [0.3, 0.4) is 0 Å². The van der Waals surface area contributed by atoms with E-state index in [1.165, 1.54) is 17.1 Å². The van der Waals surface area contributed by atoms with Gasteiger partial charge in [0, 0.05) is 30.7 Å². The van der Waals surface area contributed by atoms with Gasteiger partial charge in [0.05, 0.1) is 22.9 Å². The summed E-state index contributed by atoms with van der Waals surface area (Å²) in [6.07, 6.45) is 1.71. The Morgan fingerprint density at radius 3 is 2.55 bits per heavy atom. The predicted molar refractivity (Wildman–Crippen MR) is 109 cm³/mol. The number of nitrogens with zero attached hydrogens (tertiary/aromatic N) is 3. The number of rotatable bonds is 6. The third-order valence-corrected chi connectivity index (χ3v) is 5.06. The number of nitro groups is 1. The normalized spacial score (nSPS) is 16.4. The Morgan fingerprint density at radius 2 is 1.97 bits per heavy atom. The van der Waals surface area contributed by atoms with Gasteiger partial charge in [-0.15, -0.1) is 0 Å². The lowest BCUT2D eigenvalue weighted by Gasteiger charge is -2.21. The van der Waals surface area contributed by atoms with Crippen molar-refractivity contribution in [2.24, 2.45) is 5.10 Å². The quantitative estimate of drug-likeness (QED) is 0.573. The van der Waals surface area contributed by atoms with E-state index < -0.39 is 21.0 Å². The average molecular weight is 416 g/mol. The highest BCUT2D eigenvalue weighted by Crippen LogP contribution is 2.34. The molecule has 9 nitrogen and oxygen atoms in total. The highest BCUT2D eigenvalue weighted by atomic mass is 32.2. The van der Waals surface area contributed by atoms with Crippen molar-refractivity contribution in [2.45, 2.75) is 25.8 Å². The van der Waals surface area contributed by atoms with Crippen LogP contribution in [-0.2, 0) is 14.8 Å². The zero-order valence-corrected chi connectivity index (χ0v) is 16.7. The van der Waals surface area contributed by atoms with E-state index in [0.29, 0.717) is 23.4 Å². The molecule has 0 fully saturated rings. The van der Waals surface area contributed by atoms with Gasteiger partial charge in [-0.1, -0.05) is 31.2 Å². The van der Waals surface area contributed by atoms with Crippen LogP contribution in [0.4, 0.5) is 11.4 Å². The Morgan fingerprint density at radius 1 is 1.28 bits per heavy atom. The van der Waals surface area contributed by atoms with Crippen LogP contribution in [0.2, 0.25) is 0 Å². The molecule has 1 aliphatic heterocycles. The number of benzene rings is 2. The van der Waals surface area contributed by atoms with E-state index in [2.05, 4.69) is 9.82 Å². The number of non-ortho nitro benzene ring substituents is 1. The standard InChI is InChI=1S/C19H20N4O5S/c1-3-19(24)22-18(14-5-4-6-16(11-14)23(25)26)12-17(20-22)13-7-9-15(10-8-13)21-29(2,27)28/h4-11,18,21H,3,12H2,1-2H3. The molecule has 10 heteroatoms. The fourth-order valence-corrected chi connectivity index (χ4v) is 3.69. The number of hydrogen-bond donors (Lipinski definition) is 1. The number of nitrogens with one attached hydrogen (secondary N) is 1. The third-order valence-electron chi connectivity index (χ3n) is 4.46. The number of amides is 1. The van der Waals surface area contributed by atoms with Gasteiger partial charge in [-0.05, 0) is 23.3 Å². The molecule has 1 N–H and O–H groups in total. The Bertz CT molecular complexity index is 1080. The van der Waals surface area contributed by atoms with E-state index in [9.17, 15) is 23.3 Å². The van der Waals surface area contributed by atoms with Crippen molar-refractivity contribution >= 4 is 33.0 Å². The lowest BCUT2D eigenvalue weighted by atomic mass is 9.98. The van der Waals surface area contributed by atoms with E-state index >= 15 is 0 Å². The van der Waals surface area contributed by atoms with E-state index in [1.54, 1.807) is 43.3 Å². The van der Waals surface area contributed by atoms with Gasteiger partial charge < -0.3 is 0 Å². The SMILES string of the molecule is CCC(=O)N1N=C(c2ccc(NS(C)(=O)=O)cc2)CC1c1cccc([N+](=O)[O-])c1. The average Bonchev–Trinajstić information content (AvgIpc) is 3.12. The number of carbonyl (C=O) groups is 1. The molecule has 0 bridgehead atoms. The molecule has 1 unspecified atom stereocenters. The van der Waals surface area contributed by atoms with Gasteiger partial charge in [-0.3, -0.25) is 19.6 Å². The minimum Gasteiger partial charge on any atom is -0.284 e. The molecular weight excluding hydrogens is 396 g/mol. The van der Waals surface area contributed by atoms with Crippen LogP contribution in [0.5, 0.6) is 0 Å². The number of nitro benzene ring substituents is 1. The van der Waals surface area contributed by atoms with Crippen molar-refractivity contribution in [3.63, 3.8) is 0 Å². The first kappa shape index (κ1) is 20.5. The van der Waals surface area contributed by atoms with Gasteiger partial charge in [0.15, 0.2) is 0 Å². The fraction of sp³-hybridized carbons (Fsp3) is 0.263. The number of anilines is 1. The summed E-state index contributed by atoms with van der Waals surface area (Å²) in [6.45, 7) is 1.73. The van der Waals surface area contributed by atoms with Crippen LogP contribution in [0, 0.1) is 10.1 Å². The summed E-state index contributed by atoms with van der Waals surface area (Å²) < 4.78 is 25.1. The first-order chi connectivity index (χ1) is 13.7. The summed E-state index contributed by atoms with van der Waals surface area (Å²) in [4.78, 5) is 23.0. The molecule has 0 aliphatic carbocycles. The second-order valence-corrected chi connectivity index (χ2v) is 8.41. The molecule has 152 valence electrons. The highest BCUT2D eigenvalue weighted by molar-refractivity contribution is 7.92. The zero-order valence-electron chi connectivity index (χ0n) is 15.9. The number of hydrogen-bond acceptors (Lipinski definition) is 6. The molecule has 0 aromatic heterocycles. The lowest BCUT2D eigenvalue weighted by Crippen LogP contribution is -2.26. The molecule has 2 aromatic carbocycles. The minimum absolute atomic E-state index is 0.0453. The zero-order chi connectivity index (χ0) is 21.2. The molecule has 0 saturated heterocycles. The van der Waals surface area contributed by atoms with Crippen LogP contribution in [-0.4, -0.2) is 36.2 Å². The van der Waals surface area contributed by atoms with E-state index in [-0.39, 0.29) is 18.0 Å². The van der Waals surface area contributed by atoms with Crippen molar-refractivity contribution in [1.29, 1.82) is 0 Å². The summed E-state index contributed by atoms with van der Waals surface area (Å²) in [7, 11) is -3.38.